The highest BCUT2D eigenvalue weighted by molar-refractivity contribution is 8.00. The number of alkyl halides is 6. The number of hydrogen-bond donors (Lipinski definition) is 1. The van der Waals surface area contributed by atoms with Gasteiger partial charge in [-0.1, -0.05) is 49.4 Å². The smallest absolute Gasteiger partial charge is 0.382 e. The number of aromatic nitrogens is 3. The zero-order valence-corrected chi connectivity index (χ0v) is 22.5. The lowest BCUT2D eigenvalue weighted by Gasteiger charge is -2.37. The first-order chi connectivity index (χ1) is 19.3. The van der Waals surface area contributed by atoms with Gasteiger partial charge in [-0.3, -0.25) is 0 Å². The zero-order valence-electron chi connectivity index (χ0n) is 21.7. The first-order valence-corrected chi connectivity index (χ1v) is 13.4. The second-order valence-electron chi connectivity index (χ2n) is 9.39. The molecule has 4 rings (SSSR count). The molecule has 2 aromatic carbocycles. The summed E-state index contributed by atoms with van der Waals surface area (Å²) in [6.45, 7) is 2.33. The first-order valence-electron chi connectivity index (χ1n) is 12.5. The Morgan fingerprint density at radius 2 is 1.49 bits per heavy atom. The number of halogens is 6. The third kappa shape index (κ3) is 8.22. The number of thioether (sulfide) groups is 1. The van der Waals surface area contributed by atoms with Crippen molar-refractivity contribution in [3.8, 4) is 0 Å². The Kier molecular flexibility index (Phi) is 9.62. The summed E-state index contributed by atoms with van der Waals surface area (Å²) >= 11 is 1.38. The monoisotopic (exact) mass is 599 g/mol. The molecule has 2 unspecified atom stereocenters. The van der Waals surface area contributed by atoms with Crippen LogP contribution < -0.4 is 0 Å². The van der Waals surface area contributed by atoms with Crippen LogP contribution in [0.15, 0.2) is 79.4 Å². The van der Waals surface area contributed by atoms with Crippen LogP contribution in [-0.2, 0) is 34.0 Å². The SMILES string of the molecule is CC(SC1COC(/C=C/C=C/c2ccc(C(F)(F)F)cc2)OC1)C(O)(Cn1cncn1)c1ccc(C(F)(F)F)cc1. The summed E-state index contributed by atoms with van der Waals surface area (Å²) in [7, 11) is 0. The number of benzene rings is 2. The average molecular weight is 600 g/mol. The lowest BCUT2D eigenvalue weighted by Crippen LogP contribution is -2.43. The highest BCUT2D eigenvalue weighted by Gasteiger charge is 2.40. The molecule has 6 nitrogen and oxygen atoms in total. The van der Waals surface area contributed by atoms with Crippen LogP contribution >= 0.6 is 11.8 Å². The molecular weight excluding hydrogens is 572 g/mol. The molecule has 220 valence electrons. The van der Waals surface area contributed by atoms with E-state index < -0.39 is 40.6 Å². The van der Waals surface area contributed by atoms with Gasteiger partial charge in [-0.2, -0.15) is 31.4 Å². The van der Waals surface area contributed by atoms with E-state index in [9.17, 15) is 31.4 Å². The normalized spacial score (nSPS) is 20.9. The third-order valence-corrected chi connectivity index (χ3v) is 7.90. The Labute approximate surface area is 236 Å². The van der Waals surface area contributed by atoms with Gasteiger partial charge in [-0.15, -0.1) is 11.8 Å². The molecule has 13 heteroatoms. The van der Waals surface area contributed by atoms with E-state index in [1.54, 1.807) is 31.2 Å². The van der Waals surface area contributed by atoms with E-state index in [2.05, 4.69) is 10.1 Å². The first kappa shape index (κ1) is 30.8. The summed E-state index contributed by atoms with van der Waals surface area (Å²) in [5, 5.41) is 15.1. The van der Waals surface area contributed by atoms with Gasteiger partial charge in [0.05, 0.1) is 36.1 Å². The Bertz CT molecular complexity index is 1300. The van der Waals surface area contributed by atoms with Crippen LogP contribution in [0.1, 0.15) is 29.2 Å². The van der Waals surface area contributed by atoms with Crippen molar-refractivity contribution in [1.82, 2.24) is 14.8 Å². The van der Waals surface area contributed by atoms with Crippen LogP contribution in [0.5, 0.6) is 0 Å². The van der Waals surface area contributed by atoms with Gasteiger partial charge in [0.25, 0.3) is 0 Å². The van der Waals surface area contributed by atoms with Crippen LogP contribution in [0.4, 0.5) is 26.3 Å². The maximum absolute atomic E-state index is 13.1. The molecule has 2 atom stereocenters. The van der Waals surface area contributed by atoms with E-state index in [1.165, 1.54) is 53.4 Å². The van der Waals surface area contributed by atoms with E-state index in [-0.39, 0.29) is 11.8 Å². The Hall–Kier alpha value is -3.13. The minimum Gasteiger partial charge on any atom is -0.382 e. The van der Waals surface area contributed by atoms with E-state index in [0.29, 0.717) is 24.3 Å². The van der Waals surface area contributed by atoms with Crippen molar-refractivity contribution in [3.05, 3.63) is 102 Å². The Morgan fingerprint density at radius 1 is 0.927 bits per heavy atom. The van der Waals surface area contributed by atoms with Gasteiger partial charge in [0.15, 0.2) is 6.29 Å². The molecule has 41 heavy (non-hydrogen) atoms. The van der Waals surface area contributed by atoms with Crippen LogP contribution in [0.25, 0.3) is 6.08 Å². The number of ether oxygens (including phenoxy) is 2. The molecule has 3 aromatic rings. The van der Waals surface area contributed by atoms with Gasteiger partial charge in [-0.05, 0) is 41.5 Å². The molecule has 1 aromatic heterocycles. The van der Waals surface area contributed by atoms with E-state index in [4.69, 9.17) is 9.47 Å². The van der Waals surface area contributed by atoms with Gasteiger partial charge in [-0.25, -0.2) is 9.67 Å². The van der Waals surface area contributed by atoms with Crippen molar-refractivity contribution in [1.29, 1.82) is 0 Å². The van der Waals surface area contributed by atoms with Crippen LogP contribution in [0.2, 0.25) is 0 Å². The lowest BCUT2D eigenvalue weighted by molar-refractivity contribution is -0.146. The fourth-order valence-electron chi connectivity index (χ4n) is 4.16. The number of hydrogen-bond acceptors (Lipinski definition) is 6. The maximum atomic E-state index is 13.1. The van der Waals surface area contributed by atoms with E-state index in [1.807, 2.05) is 0 Å². The molecule has 1 saturated heterocycles. The quantitative estimate of drug-likeness (QED) is 0.229. The topological polar surface area (TPSA) is 69.4 Å². The molecular formula is C28H27F6N3O3S. The molecule has 2 heterocycles. The van der Waals surface area contributed by atoms with Crippen LogP contribution in [0.3, 0.4) is 0 Å². The van der Waals surface area contributed by atoms with Gasteiger partial charge in [0, 0.05) is 5.25 Å². The fraction of sp³-hybridized carbons (Fsp3) is 0.357. The molecule has 1 N–H and O–H groups in total. The van der Waals surface area contributed by atoms with Crippen molar-refractivity contribution >= 4 is 17.8 Å². The van der Waals surface area contributed by atoms with Crippen molar-refractivity contribution in [3.63, 3.8) is 0 Å². The Morgan fingerprint density at radius 3 is 2.02 bits per heavy atom. The molecule has 1 fully saturated rings. The third-order valence-electron chi connectivity index (χ3n) is 6.45. The molecule has 0 aliphatic carbocycles. The second kappa shape index (κ2) is 12.8. The van der Waals surface area contributed by atoms with Crippen molar-refractivity contribution in [2.45, 2.75) is 48.2 Å². The average Bonchev–Trinajstić information content (AvgIpc) is 3.44. The molecule has 0 saturated carbocycles. The summed E-state index contributed by atoms with van der Waals surface area (Å²) in [6, 6.07) is 9.19. The van der Waals surface area contributed by atoms with Crippen LogP contribution in [0, 0.1) is 0 Å². The minimum atomic E-state index is -4.50. The van der Waals surface area contributed by atoms with Crippen LogP contribution in [-0.4, -0.2) is 49.9 Å². The van der Waals surface area contributed by atoms with E-state index in [0.717, 1.165) is 24.3 Å². The molecule has 0 amide bonds. The van der Waals surface area contributed by atoms with Gasteiger partial charge < -0.3 is 14.6 Å². The van der Waals surface area contributed by atoms with Crippen molar-refractivity contribution in [2.75, 3.05) is 13.2 Å². The number of nitrogens with zero attached hydrogens (tertiary/aromatic N) is 3. The van der Waals surface area contributed by atoms with Gasteiger partial charge in [0.2, 0.25) is 0 Å². The number of allylic oxidation sites excluding steroid dienone is 2. The number of aliphatic hydroxyl groups is 1. The summed E-state index contributed by atoms with van der Waals surface area (Å²) in [5.74, 6) is 0. The van der Waals surface area contributed by atoms with E-state index >= 15 is 0 Å². The van der Waals surface area contributed by atoms with Crippen molar-refractivity contribution < 1.29 is 40.9 Å². The molecule has 1 aliphatic rings. The lowest BCUT2D eigenvalue weighted by atomic mass is 9.90. The molecule has 0 radical (unpaired) electrons. The summed E-state index contributed by atoms with van der Waals surface area (Å²) in [4.78, 5) is 3.88. The largest absolute Gasteiger partial charge is 0.416 e. The minimum absolute atomic E-state index is 0.0302. The zero-order chi connectivity index (χ0) is 29.7. The fourth-order valence-corrected chi connectivity index (χ4v) is 5.49. The summed E-state index contributed by atoms with van der Waals surface area (Å²) in [5.41, 5.74) is -2.20. The second-order valence-corrected chi connectivity index (χ2v) is 11.0. The highest BCUT2D eigenvalue weighted by atomic mass is 32.2. The predicted molar refractivity (Wildman–Crippen MR) is 142 cm³/mol. The van der Waals surface area contributed by atoms with Gasteiger partial charge in [0.1, 0.15) is 18.3 Å². The maximum Gasteiger partial charge on any atom is 0.416 e. The number of rotatable bonds is 9. The summed E-state index contributed by atoms with van der Waals surface area (Å²) in [6.07, 6.45) is -0.157. The summed E-state index contributed by atoms with van der Waals surface area (Å²) < 4.78 is 90.2. The predicted octanol–water partition coefficient (Wildman–Crippen LogP) is 6.34. The standard InChI is InChI=1S/C28H27F6N3O3S/c1-19(26(38,16-37-18-35-17-36-37)21-10-12-23(13-11-21)28(32,33)34)41-24-14-39-25(40-15-24)5-3-2-4-20-6-8-22(9-7-20)27(29,30)31/h2-13,17-19,24-25,38H,14-16H2,1H3/b4-2+,5-3+. The van der Waals surface area contributed by atoms with Gasteiger partial charge >= 0.3 is 12.4 Å². The highest BCUT2D eigenvalue weighted by Crippen LogP contribution is 2.39. The Balaban J connectivity index is 1.34. The molecule has 0 bridgehead atoms. The van der Waals surface area contributed by atoms with Crippen molar-refractivity contribution in [2.24, 2.45) is 0 Å². The molecule has 0 spiro atoms. The molecule has 1 aliphatic heterocycles.